The lowest BCUT2D eigenvalue weighted by atomic mass is 10.1. The Morgan fingerprint density at radius 2 is 1.88 bits per heavy atom. The minimum Gasteiger partial charge on any atom is -0.384 e. The third-order valence-electron chi connectivity index (χ3n) is 4.34. The Labute approximate surface area is 153 Å². The average Bonchev–Trinajstić information content (AvgIpc) is 3.04. The molecule has 138 valence electrons. The first-order valence-corrected chi connectivity index (χ1v) is 9.75. The van der Waals surface area contributed by atoms with Crippen molar-refractivity contribution < 1.29 is 22.1 Å². The summed E-state index contributed by atoms with van der Waals surface area (Å²) in [4.78, 5) is 13.3. The van der Waals surface area contributed by atoms with Crippen molar-refractivity contribution in [2.45, 2.75) is 24.7 Å². The highest BCUT2D eigenvalue weighted by atomic mass is 32.2. The summed E-state index contributed by atoms with van der Waals surface area (Å²) in [5.74, 6) is 0.209. The molecule has 0 aliphatic carbocycles. The van der Waals surface area contributed by atoms with E-state index in [1.54, 1.807) is 36.3 Å². The Hall–Kier alpha value is -2.38. The van der Waals surface area contributed by atoms with Gasteiger partial charge in [-0.25, -0.2) is 0 Å². The van der Waals surface area contributed by atoms with Crippen LogP contribution < -0.4 is 9.08 Å². The number of amides is 1. The van der Waals surface area contributed by atoms with Crippen LogP contribution in [0.1, 0.15) is 18.1 Å². The SMILES string of the molecule is COCCc1ccc(OS(=O)(=O)c2ccc3c(c2)CCN3C(C)=O)cc1. The van der Waals surface area contributed by atoms with E-state index in [0.29, 0.717) is 19.6 Å². The van der Waals surface area contributed by atoms with Crippen LogP contribution in [0.3, 0.4) is 0 Å². The van der Waals surface area contributed by atoms with Gasteiger partial charge in [0.25, 0.3) is 0 Å². The number of fused-ring (bicyclic) bond motifs is 1. The third kappa shape index (κ3) is 3.89. The summed E-state index contributed by atoms with van der Waals surface area (Å²) in [6, 6.07) is 11.6. The number of rotatable bonds is 6. The van der Waals surface area contributed by atoms with E-state index in [4.69, 9.17) is 8.92 Å². The van der Waals surface area contributed by atoms with Gasteiger partial charge < -0.3 is 13.8 Å². The van der Waals surface area contributed by atoms with Gasteiger partial charge in [-0.05, 0) is 54.3 Å². The molecule has 0 unspecified atom stereocenters. The molecule has 6 nitrogen and oxygen atoms in total. The molecule has 0 spiro atoms. The monoisotopic (exact) mass is 375 g/mol. The van der Waals surface area contributed by atoms with Crippen molar-refractivity contribution in [3.8, 4) is 5.75 Å². The molecule has 1 aliphatic rings. The van der Waals surface area contributed by atoms with E-state index < -0.39 is 10.1 Å². The fraction of sp³-hybridized carbons (Fsp3) is 0.316. The van der Waals surface area contributed by atoms with E-state index in [2.05, 4.69) is 0 Å². The first-order valence-electron chi connectivity index (χ1n) is 8.34. The molecular weight excluding hydrogens is 354 g/mol. The largest absolute Gasteiger partial charge is 0.384 e. The number of anilines is 1. The summed E-state index contributed by atoms with van der Waals surface area (Å²) < 4.78 is 35.4. The molecule has 1 amide bonds. The summed E-state index contributed by atoms with van der Waals surface area (Å²) in [5.41, 5.74) is 2.64. The number of carbonyl (C=O) groups excluding carboxylic acids is 1. The maximum Gasteiger partial charge on any atom is 0.339 e. The normalized spacial score (nSPS) is 13.5. The van der Waals surface area contributed by atoms with Crippen molar-refractivity contribution in [2.24, 2.45) is 0 Å². The van der Waals surface area contributed by atoms with Crippen LogP contribution in [0.4, 0.5) is 5.69 Å². The van der Waals surface area contributed by atoms with E-state index in [9.17, 15) is 13.2 Å². The lowest BCUT2D eigenvalue weighted by molar-refractivity contribution is -0.116. The fourth-order valence-electron chi connectivity index (χ4n) is 2.97. The maximum absolute atomic E-state index is 12.6. The second-order valence-electron chi connectivity index (χ2n) is 6.14. The van der Waals surface area contributed by atoms with Gasteiger partial charge in [0.1, 0.15) is 10.6 Å². The molecule has 7 heteroatoms. The van der Waals surface area contributed by atoms with Crippen molar-refractivity contribution in [2.75, 3.05) is 25.2 Å². The second-order valence-corrected chi connectivity index (χ2v) is 7.68. The molecule has 0 fully saturated rings. The molecule has 0 N–H and O–H groups in total. The van der Waals surface area contributed by atoms with E-state index >= 15 is 0 Å². The highest BCUT2D eigenvalue weighted by Gasteiger charge is 2.25. The highest BCUT2D eigenvalue weighted by Crippen LogP contribution is 2.31. The van der Waals surface area contributed by atoms with Gasteiger partial charge in [-0.3, -0.25) is 4.79 Å². The minimum absolute atomic E-state index is 0.0517. The van der Waals surface area contributed by atoms with Gasteiger partial charge in [0.05, 0.1) is 6.61 Å². The van der Waals surface area contributed by atoms with Crippen LogP contribution in [0, 0.1) is 0 Å². The van der Waals surface area contributed by atoms with Gasteiger partial charge in [0.15, 0.2) is 0 Å². The van der Waals surface area contributed by atoms with Crippen LogP contribution in [0.15, 0.2) is 47.4 Å². The minimum atomic E-state index is -3.93. The predicted octanol–water partition coefficient (Wildman–Crippen LogP) is 2.55. The van der Waals surface area contributed by atoms with Crippen molar-refractivity contribution in [3.63, 3.8) is 0 Å². The molecular formula is C19H21NO5S. The Morgan fingerprint density at radius 1 is 1.15 bits per heavy atom. The van der Waals surface area contributed by atoms with Crippen molar-refractivity contribution in [3.05, 3.63) is 53.6 Å². The van der Waals surface area contributed by atoms with E-state index in [1.807, 2.05) is 12.1 Å². The lowest BCUT2D eigenvalue weighted by Crippen LogP contribution is -2.25. The predicted molar refractivity (Wildman–Crippen MR) is 98.0 cm³/mol. The molecule has 0 bridgehead atoms. The van der Waals surface area contributed by atoms with Crippen molar-refractivity contribution in [1.29, 1.82) is 0 Å². The van der Waals surface area contributed by atoms with Gasteiger partial charge in [0, 0.05) is 26.3 Å². The maximum atomic E-state index is 12.6. The molecule has 26 heavy (non-hydrogen) atoms. The molecule has 2 aromatic carbocycles. The molecule has 0 saturated carbocycles. The summed E-state index contributed by atoms with van der Waals surface area (Å²) >= 11 is 0. The summed E-state index contributed by atoms with van der Waals surface area (Å²) in [6.45, 7) is 2.67. The smallest absolute Gasteiger partial charge is 0.339 e. The summed E-state index contributed by atoms with van der Waals surface area (Å²) in [5, 5.41) is 0. The number of benzene rings is 2. The second kappa shape index (κ2) is 7.47. The number of methoxy groups -OCH3 is 1. The van der Waals surface area contributed by atoms with Crippen LogP contribution in [0.2, 0.25) is 0 Å². The molecule has 0 aromatic heterocycles. The summed E-state index contributed by atoms with van der Waals surface area (Å²) in [7, 11) is -2.30. The first-order chi connectivity index (χ1) is 12.4. The quantitative estimate of drug-likeness (QED) is 0.726. The molecule has 1 heterocycles. The van der Waals surface area contributed by atoms with E-state index in [-0.39, 0.29) is 16.6 Å². The third-order valence-corrected chi connectivity index (χ3v) is 5.58. The number of nitrogens with zero attached hydrogens (tertiary/aromatic N) is 1. The van der Waals surface area contributed by atoms with Crippen LogP contribution >= 0.6 is 0 Å². The zero-order valence-corrected chi connectivity index (χ0v) is 15.6. The molecule has 0 saturated heterocycles. The van der Waals surface area contributed by atoms with Crippen molar-refractivity contribution >= 4 is 21.7 Å². The highest BCUT2D eigenvalue weighted by molar-refractivity contribution is 7.87. The van der Waals surface area contributed by atoms with Crippen LogP contribution in [-0.4, -0.2) is 34.6 Å². The van der Waals surface area contributed by atoms with Crippen LogP contribution in [0.5, 0.6) is 5.75 Å². The molecule has 0 radical (unpaired) electrons. The Bertz CT molecular complexity index is 906. The molecule has 2 aromatic rings. The first kappa shape index (κ1) is 18.4. The lowest BCUT2D eigenvalue weighted by Gasteiger charge is -2.15. The Morgan fingerprint density at radius 3 is 2.54 bits per heavy atom. The van der Waals surface area contributed by atoms with Crippen LogP contribution in [-0.2, 0) is 32.5 Å². The topological polar surface area (TPSA) is 72.9 Å². The van der Waals surface area contributed by atoms with Gasteiger partial charge >= 0.3 is 10.1 Å². The standard InChI is InChI=1S/C19H21NO5S/c1-14(21)20-11-9-16-13-18(7-8-19(16)20)26(22,23)25-17-5-3-15(4-6-17)10-12-24-2/h3-8,13H,9-12H2,1-2H3. The summed E-state index contributed by atoms with van der Waals surface area (Å²) in [6.07, 6.45) is 1.38. The van der Waals surface area contributed by atoms with E-state index in [0.717, 1.165) is 23.2 Å². The fourth-order valence-corrected chi connectivity index (χ4v) is 3.95. The number of hydrogen-bond acceptors (Lipinski definition) is 5. The average molecular weight is 375 g/mol. The number of ether oxygens (including phenoxy) is 1. The van der Waals surface area contributed by atoms with Gasteiger partial charge in [-0.2, -0.15) is 8.42 Å². The number of carbonyl (C=O) groups is 1. The van der Waals surface area contributed by atoms with Crippen molar-refractivity contribution in [1.82, 2.24) is 0 Å². The number of hydrogen-bond donors (Lipinski definition) is 0. The van der Waals surface area contributed by atoms with E-state index in [1.165, 1.54) is 13.0 Å². The molecule has 1 aliphatic heterocycles. The zero-order valence-electron chi connectivity index (χ0n) is 14.8. The Kier molecular flexibility index (Phi) is 5.29. The zero-order chi connectivity index (χ0) is 18.7. The van der Waals surface area contributed by atoms with Crippen LogP contribution in [0.25, 0.3) is 0 Å². The van der Waals surface area contributed by atoms with Gasteiger partial charge in [-0.15, -0.1) is 0 Å². The van der Waals surface area contributed by atoms with Gasteiger partial charge in [0.2, 0.25) is 5.91 Å². The molecule has 3 rings (SSSR count). The Balaban J connectivity index is 1.77. The molecule has 0 atom stereocenters. The van der Waals surface area contributed by atoms with Gasteiger partial charge in [-0.1, -0.05) is 12.1 Å².